The molecule has 1 N–H and O–H groups in total. The molecule has 0 aliphatic rings. The van der Waals surface area contributed by atoms with E-state index in [-0.39, 0.29) is 22.7 Å². The number of nitrogens with one attached hydrogen (secondary N) is 1. The zero-order valence-corrected chi connectivity index (χ0v) is 12.5. The van der Waals surface area contributed by atoms with Gasteiger partial charge in [-0.05, 0) is 31.9 Å². The van der Waals surface area contributed by atoms with Crippen molar-refractivity contribution in [2.24, 2.45) is 0 Å². The van der Waals surface area contributed by atoms with Crippen molar-refractivity contribution in [3.8, 4) is 0 Å². The van der Waals surface area contributed by atoms with E-state index in [1.165, 1.54) is 5.56 Å². The lowest BCUT2D eigenvalue weighted by molar-refractivity contribution is -0.385. The first-order chi connectivity index (χ1) is 9.99. The maximum atomic E-state index is 11.0. The quantitative estimate of drug-likeness (QED) is 0.657. The summed E-state index contributed by atoms with van der Waals surface area (Å²) in [5.74, 6) is 0. The van der Waals surface area contributed by atoms with Crippen molar-refractivity contribution in [2.75, 3.05) is 0 Å². The molecule has 0 spiro atoms. The van der Waals surface area contributed by atoms with Crippen LogP contribution in [-0.4, -0.2) is 4.92 Å². The molecule has 0 aromatic heterocycles. The van der Waals surface area contributed by atoms with Gasteiger partial charge in [0.2, 0.25) is 0 Å². The Morgan fingerprint density at radius 2 is 1.62 bits per heavy atom. The first-order valence-electron chi connectivity index (χ1n) is 7.05. The second-order valence-corrected chi connectivity index (χ2v) is 5.32. The molecular weight excluding hydrogens is 264 g/mol. The van der Waals surface area contributed by atoms with E-state index in [0.29, 0.717) is 5.56 Å². The van der Waals surface area contributed by atoms with Crippen LogP contribution in [0.25, 0.3) is 0 Å². The van der Waals surface area contributed by atoms with E-state index in [9.17, 15) is 10.1 Å². The molecule has 2 aromatic carbocycles. The summed E-state index contributed by atoms with van der Waals surface area (Å²) in [5.41, 5.74) is 2.99. The van der Waals surface area contributed by atoms with Gasteiger partial charge in [-0.2, -0.15) is 0 Å². The van der Waals surface area contributed by atoms with E-state index in [2.05, 4.69) is 24.4 Å². The molecule has 2 atom stereocenters. The molecular formula is C17H20N2O2. The first-order valence-corrected chi connectivity index (χ1v) is 7.05. The lowest BCUT2D eigenvalue weighted by Crippen LogP contribution is -2.22. The van der Waals surface area contributed by atoms with Crippen LogP contribution in [0.2, 0.25) is 0 Å². The topological polar surface area (TPSA) is 55.2 Å². The zero-order valence-electron chi connectivity index (χ0n) is 12.5. The van der Waals surface area contributed by atoms with E-state index < -0.39 is 0 Å². The third-order valence-electron chi connectivity index (χ3n) is 3.73. The fourth-order valence-electron chi connectivity index (χ4n) is 2.40. The summed E-state index contributed by atoms with van der Waals surface area (Å²) in [7, 11) is 0. The van der Waals surface area contributed by atoms with Gasteiger partial charge >= 0.3 is 0 Å². The predicted molar refractivity (Wildman–Crippen MR) is 84.2 cm³/mol. The number of nitro groups is 1. The Kier molecular flexibility index (Phi) is 4.70. The third kappa shape index (κ3) is 3.67. The monoisotopic (exact) mass is 284 g/mol. The molecule has 4 heteroatoms. The van der Waals surface area contributed by atoms with Crippen molar-refractivity contribution in [1.82, 2.24) is 5.32 Å². The number of nitrogens with zero attached hydrogens (tertiary/aromatic N) is 1. The average molecular weight is 284 g/mol. The Morgan fingerprint density at radius 1 is 1.00 bits per heavy atom. The van der Waals surface area contributed by atoms with Gasteiger partial charge in [0.05, 0.1) is 4.92 Å². The van der Waals surface area contributed by atoms with Gasteiger partial charge in [0.1, 0.15) is 0 Å². The maximum absolute atomic E-state index is 11.0. The van der Waals surface area contributed by atoms with Gasteiger partial charge in [-0.25, -0.2) is 0 Å². The van der Waals surface area contributed by atoms with E-state index in [0.717, 1.165) is 5.56 Å². The summed E-state index contributed by atoms with van der Waals surface area (Å²) < 4.78 is 0. The third-order valence-corrected chi connectivity index (χ3v) is 3.73. The molecule has 110 valence electrons. The van der Waals surface area contributed by atoms with Crippen LogP contribution in [0.1, 0.15) is 42.6 Å². The van der Waals surface area contributed by atoms with E-state index >= 15 is 0 Å². The van der Waals surface area contributed by atoms with Gasteiger partial charge in [0.15, 0.2) is 0 Å². The molecule has 0 bridgehead atoms. The van der Waals surface area contributed by atoms with E-state index in [1.807, 2.05) is 31.2 Å². The molecule has 4 nitrogen and oxygen atoms in total. The van der Waals surface area contributed by atoms with Crippen molar-refractivity contribution in [1.29, 1.82) is 0 Å². The molecule has 0 radical (unpaired) electrons. The van der Waals surface area contributed by atoms with Crippen LogP contribution < -0.4 is 5.32 Å². The molecule has 2 aromatic rings. The van der Waals surface area contributed by atoms with Crippen LogP contribution in [0.3, 0.4) is 0 Å². The first kappa shape index (κ1) is 15.2. The standard InChI is InChI=1S/C17H20N2O2/c1-12-9-10-16(11-17(12)19(20)21)14(3)18-13(2)15-7-5-4-6-8-15/h4-11,13-14,18H,1-3H3/t13-,14?/m0/s1. The highest BCUT2D eigenvalue weighted by Gasteiger charge is 2.16. The molecule has 0 saturated carbocycles. The SMILES string of the molecule is Cc1ccc(C(C)N[C@@H](C)c2ccccc2)cc1[N+](=O)[O-]. The lowest BCUT2D eigenvalue weighted by Gasteiger charge is -2.21. The summed E-state index contributed by atoms with van der Waals surface area (Å²) in [6.07, 6.45) is 0. The lowest BCUT2D eigenvalue weighted by atomic mass is 10.0. The van der Waals surface area contributed by atoms with Crippen molar-refractivity contribution < 1.29 is 4.92 Å². The number of hydrogen-bond acceptors (Lipinski definition) is 3. The van der Waals surface area contributed by atoms with Crippen LogP contribution in [0.4, 0.5) is 5.69 Å². The smallest absolute Gasteiger partial charge is 0.272 e. The molecule has 0 saturated heterocycles. The van der Waals surface area contributed by atoms with Gasteiger partial charge in [0, 0.05) is 23.7 Å². The summed E-state index contributed by atoms with van der Waals surface area (Å²) in [6, 6.07) is 15.8. The number of aryl methyl sites for hydroxylation is 1. The minimum absolute atomic E-state index is 0.0412. The van der Waals surface area contributed by atoms with Crippen LogP contribution in [0, 0.1) is 17.0 Å². The molecule has 1 unspecified atom stereocenters. The van der Waals surface area contributed by atoms with Crippen molar-refractivity contribution in [2.45, 2.75) is 32.9 Å². The minimum atomic E-state index is -0.327. The predicted octanol–water partition coefficient (Wildman–Crippen LogP) is 4.32. The molecule has 21 heavy (non-hydrogen) atoms. The van der Waals surface area contributed by atoms with Crippen molar-refractivity contribution in [3.05, 3.63) is 75.3 Å². The second kappa shape index (κ2) is 6.50. The molecule has 2 rings (SSSR count). The fraction of sp³-hybridized carbons (Fsp3) is 0.294. The van der Waals surface area contributed by atoms with Gasteiger partial charge in [-0.1, -0.05) is 42.5 Å². The van der Waals surface area contributed by atoms with E-state index in [1.54, 1.807) is 19.1 Å². The molecule has 0 amide bonds. The van der Waals surface area contributed by atoms with Crippen LogP contribution in [-0.2, 0) is 0 Å². The van der Waals surface area contributed by atoms with Crippen molar-refractivity contribution >= 4 is 5.69 Å². The highest BCUT2D eigenvalue weighted by molar-refractivity contribution is 5.43. The molecule has 0 fully saturated rings. The maximum Gasteiger partial charge on any atom is 0.272 e. The summed E-state index contributed by atoms with van der Waals surface area (Å²) in [6.45, 7) is 5.87. The average Bonchev–Trinajstić information content (AvgIpc) is 2.48. The van der Waals surface area contributed by atoms with Gasteiger partial charge in [-0.3, -0.25) is 10.1 Å². The van der Waals surface area contributed by atoms with Crippen molar-refractivity contribution in [3.63, 3.8) is 0 Å². The summed E-state index contributed by atoms with van der Waals surface area (Å²) in [5, 5.41) is 14.5. The van der Waals surface area contributed by atoms with Gasteiger partial charge in [-0.15, -0.1) is 0 Å². The second-order valence-electron chi connectivity index (χ2n) is 5.32. The molecule has 0 heterocycles. The summed E-state index contributed by atoms with van der Waals surface area (Å²) >= 11 is 0. The normalized spacial score (nSPS) is 13.7. The Balaban J connectivity index is 2.15. The van der Waals surface area contributed by atoms with Crippen LogP contribution in [0.15, 0.2) is 48.5 Å². The Morgan fingerprint density at radius 3 is 2.24 bits per heavy atom. The Bertz CT molecular complexity index is 626. The Labute approximate surface area is 125 Å². The fourth-order valence-corrected chi connectivity index (χ4v) is 2.40. The van der Waals surface area contributed by atoms with Gasteiger partial charge < -0.3 is 5.32 Å². The largest absolute Gasteiger partial charge is 0.304 e. The van der Waals surface area contributed by atoms with Crippen LogP contribution >= 0.6 is 0 Å². The zero-order chi connectivity index (χ0) is 15.4. The number of nitro benzene ring substituents is 1. The Hall–Kier alpha value is -2.20. The van der Waals surface area contributed by atoms with Gasteiger partial charge in [0.25, 0.3) is 5.69 Å². The molecule has 0 aliphatic heterocycles. The molecule has 0 aliphatic carbocycles. The number of hydrogen-bond donors (Lipinski definition) is 1. The van der Waals surface area contributed by atoms with Crippen LogP contribution in [0.5, 0.6) is 0 Å². The minimum Gasteiger partial charge on any atom is -0.304 e. The summed E-state index contributed by atoms with van der Waals surface area (Å²) in [4.78, 5) is 10.7. The van der Waals surface area contributed by atoms with E-state index in [4.69, 9.17) is 0 Å². The highest BCUT2D eigenvalue weighted by Crippen LogP contribution is 2.25. The highest BCUT2D eigenvalue weighted by atomic mass is 16.6. The number of rotatable bonds is 5. The number of benzene rings is 2.